The molecule has 0 aromatic carbocycles. The Hall–Kier alpha value is -1.69. The van der Waals surface area contributed by atoms with Crippen molar-refractivity contribution in [2.75, 3.05) is 38.5 Å². The number of nitrogens with one attached hydrogen (secondary N) is 1. The van der Waals surface area contributed by atoms with E-state index in [1.165, 1.54) is 0 Å². The largest absolute Gasteiger partial charge is 0.372 e. The first-order valence-electron chi connectivity index (χ1n) is 6.97. The van der Waals surface area contributed by atoms with Gasteiger partial charge in [-0.15, -0.1) is 10.2 Å². The molecule has 1 saturated heterocycles. The molecule has 0 saturated carbocycles. The van der Waals surface area contributed by atoms with E-state index in [1.807, 2.05) is 4.90 Å². The Morgan fingerprint density at radius 3 is 2.25 bits per heavy atom. The van der Waals surface area contributed by atoms with Gasteiger partial charge in [-0.3, -0.25) is 9.69 Å². The van der Waals surface area contributed by atoms with Crippen molar-refractivity contribution in [3.05, 3.63) is 17.8 Å². The van der Waals surface area contributed by atoms with Crippen LogP contribution in [0.3, 0.4) is 0 Å². The first-order chi connectivity index (χ1) is 9.41. The van der Waals surface area contributed by atoms with Crippen LogP contribution < -0.4 is 5.32 Å². The Balaban J connectivity index is 1.97. The second-order valence-electron chi connectivity index (χ2n) is 6.00. The molecule has 1 aromatic heterocycles. The van der Waals surface area contributed by atoms with Crippen LogP contribution in [0.25, 0.3) is 0 Å². The predicted octanol–water partition coefficient (Wildman–Crippen LogP) is 1.07. The molecule has 1 N–H and O–H groups in total. The van der Waals surface area contributed by atoms with Crippen LogP contribution >= 0.6 is 0 Å². The van der Waals surface area contributed by atoms with Crippen molar-refractivity contribution in [3.63, 3.8) is 0 Å². The molecule has 6 nitrogen and oxygen atoms in total. The number of hydrogen-bond donors (Lipinski definition) is 1. The van der Waals surface area contributed by atoms with Gasteiger partial charge in [0.1, 0.15) is 5.82 Å². The maximum atomic E-state index is 12.3. The molecule has 1 aliphatic rings. The van der Waals surface area contributed by atoms with Crippen LogP contribution in [0.15, 0.2) is 12.1 Å². The summed E-state index contributed by atoms with van der Waals surface area (Å²) in [7, 11) is 1.78. The smallest absolute Gasteiger partial charge is 0.274 e. The highest BCUT2D eigenvalue weighted by atomic mass is 16.2. The summed E-state index contributed by atoms with van der Waals surface area (Å²) in [5.41, 5.74) is 0.567. The Labute approximate surface area is 120 Å². The monoisotopic (exact) mass is 277 g/mol. The van der Waals surface area contributed by atoms with Gasteiger partial charge in [0.15, 0.2) is 5.69 Å². The van der Waals surface area contributed by atoms with E-state index < -0.39 is 0 Å². The van der Waals surface area contributed by atoms with Crippen molar-refractivity contribution >= 4 is 11.7 Å². The average Bonchev–Trinajstić information content (AvgIpc) is 2.46. The van der Waals surface area contributed by atoms with Gasteiger partial charge in [0, 0.05) is 38.8 Å². The standard InChI is InChI=1S/C14H23N5O/c1-14(2,3)19-9-7-18(8-10-19)13(20)11-5-6-12(15-4)17-16-11/h5-6H,7-10H2,1-4H3,(H,15,17). The van der Waals surface area contributed by atoms with E-state index in [9.17, 15) is 4.79 Å². The predicted molar refractivity (Wildman–Crippen MR) is 78.8 cm³/mol. The van der Waals surface area contributed by atoms with Gasteiger partial charge < -0.3 is 10.2 Å². The first-order valence-corrected chi connectivity index (χ1v) is 6.97. The topological polar surface area (TPSA) is 61.4 Å². The van der Waals surface area contributed by atoms with Gasteiger partial charge in [-0.05, 0) is 32.9 Å². The minimum Gasteiger partial charge on any atom is -0.372 e. The van der Waals surface area contributed by atoms with Gasteiger partial charge in [0.25, 0.3) is 5.91 Å². The number of rotatable bonds is 2. The van der Waals surface area contributed by atoms with E-state index in [1.54, 1.807) is 19.2 Å². The van der Waals surface area contributed by atoms with E-state index in [4.69, 9.17) is 0 Å². The Bertz CT molecular complexity index is 457. The molecule has 0 spiro atoms. The highest BCUT2D eigenvalue weighted by Gasteiger charge is 2.28. The van der Waals surface area contributed by atoms with E-state index in [0.29, 0.717) is 11.5 Å². The zero-order chi connectivity index (χ0) is 14.8. The van der Waals surface area contributed by atoms with Crippen LogP contribution in [0.5, 0.6) is 0 Å². The van der Waals surface area contributed by atoms with Gasteiger partial charge in [-0.1, -0.05) is 0 Å². The third kappa shape index (κ3) is 3.25. The molecule has 1 aromatic rings. The second-order valence-corrected chi connectivity index (χ2v) is 6.00. The maximum Gasteiger partial charge on any atom is 0.274 e. The molecule has 2 rings (SSSR count). The minimum atomic E-state index is -0.0336. The number of carbonyl (C=O) groups is 1. The number of nitrogens with zero attached hydrogens (tertiary/aromatic N) is 4. The summed E-state index contributed by atoms with van der Waals surface area (Å²) in [6.45, 7) is 9.89. The number of anilines is 1. The molecule has 0 radical (unpaired) electrons. The maximum absolute atomic E-state index is 12.3. The summed E-state index contributed by atoms with van der Waals surface area (Å²) in [5, 5.41) is 10.8. The normalized spacial score (nSPS) is 17.1. The molecule has 20 heavy (non-hydrogen) atoms. The van der Waals surface area contributed by atoms with Crippen LogP contribution in [0.4, 0.5) is 5.82 Å². The van der Waals surface area contributed by atoms with Crippen LogP contribution in [0.2, 0.25) is 0 Å². The summed E-state index contributed by atoms with van der Waals surface area (Å²) < 4.78 is 0. The van der Waals surface area contributed by atoms with Gasteiger partial charge in [-0.2, -0.15) is 0 Å². The summed E-state index contributed by atoms with van der Waals surface area (Å²) >= 11 is 0. The molecular formula is C14H23N5O. The Kier molecular flexibility index (Phi) is 4.23. The number of aromatic nitrogens is 2. The molecule has 0 bridgehead atoms. The van der Waals surface area contributed by atoms with E-state index in [-0.39, 0.29) is 11.4 Å². The zero-order valence-corrected chi connectivity index (χ0v) is 12.7. The molecule has 0 unspecified atom stereocenters. The average molecular weight is 277 g/mol. The van der Waals surface area contributed by atoms with Crippen molar-refractivity contribution in [2.24, 2.45) is 0 Å². The second kappa shape index (κ2) is 5.75. The lowest BCUT2D eigenvalue weighted by Crippen LogP contribution is -2.54. The molecule has 2 heterocycles. The van der Waals surface area contributed by atoms with E-state index >= 15 is 0 Å². The number of piperazine rings is 1. The lowest BCUT2D eigenvalue weighted by molar-refractivity contribution is 0.0446. The van der Waals surface area contributed by atoms with Crippen molar-refractivity contribution in [1.82, 2.24) is 20.0 Å². The number of hydrogen-bond acceptors (Lipinski definition) is 5. The minimum absolute atomic E-state index is 0.0336. The van der Waals surface area contributed by atoms with Gasteiger partial charge in [-0.25, -0.2) is 0 Å². The van der Waals surface area contributed by atoms with Gasteiger partial charge in [0.05, 0.1) is 0 Å². The summed E-state index contributed by atoms with van der Waals surface area (Å²) in [6.07, 6.45) is 0. The van der Waals surface area contributed by atoms with Crippen molar-refractivity contribution in [1.29, 1.82) is 0 Å². The molecule has 110 valence electrons. The highest BCUT2D eigenvalue weighted by molar-refractivity contribution is 5.92. The molecule has 1 aliphatic heterocycles. The van der Waals surface area contributed by atoms with Crippen LogP contribution in [0.1, 0.15) is 31.3 Å². The summed E-state index contributed by atoms with van der Waals surface area (Å²) in [5.74, 6) is 0.632. The van der Waals surface area contributed by atoms with Crippen LogP contribution in [-0.2, 0) is 0 Å². The van der Waals surface area contributed by atoms with E-state index in [0.717, 1.165) is 26.2 Å². The molecular weight excluding hydrogens is 254 g/mol. The third-order valence-corrected chi connectivity index (χ3v) is 3.66. The third-order valence-electron chi connectivity index (χ3n) is 3.66. The fourth-order valence-electron chi connectivity index (χ4n) is 2.32. The molecule has 6 heteroatoms. The fourth-order valence-corrected chi connectivity index (χ4v) is 2.32. The SMILES string of the molecule is CNc1ccc(C(=O)N2CCN(C(C)(C)C)CC2)nn1. The lowest BCUT2D eigenvalue weighted by Gasteiger charge is -2.42. The van der Waals surface area contributed by atoms with Gasteiger partial charge in [0.2, 0.25) is 0 Å². The van der Waals surface area contributed by atoms with Crippen molar-refractivity contribution in [2.45, 2.75) is 26.3 Å². The summed E-state index contributed by atoms with van der Waals surface area (Å²) in [4.78, 5) is 16.6. The molecule has 0 aliphatic carbocycles. The van der Waals surface area contributed by atoms with Crippen molar-refractivity contribution < 1.29 is 4.79 Å². The first kappa shape index (κ1) is 14.7. The van der Waals surface area contributed by atoms with Gasteiger partial charge >= 0.3 is 0 Å². The van der Waals surface area contributed by atoms with Crippen LogP contribution in [-0.4, -0.2) is 64.7 Å². The Morgan fingerprint density at radius 2 is 1.80 bits per heavy atom. The summed E-state index contributed by atoms with van der Waals surface area (Å²) in [6, 6.07) is 3.49. The molecule has 0 atom stereocenters. The fraction of sp³-hybridized carbons (Fsp3) is 0.643. The molecule has 1 fully saturated rings. The number of amides is 1. The highest BCUT2D eigenvalue weighted by Crippen LogP contribution is 2.16. The molecule has 1 amide bonds. The van der Waals surface area contributed by atoms with Crippen LogP contribution in [0, 0.1) is 0 Å². The lowest BCUT2D eigenvalue weighted by atomic mass is 10.0. The Morgan fingerprint density at radius 1 is 1.15 bits per heavy atom. The zero-order valence-electron chi connectivity index (χ0n) is 12.7. The van der Waals surface area contributed by atoms with E-state index in [2.05, 4.69) is 41.2 Å². The van der Waals surface area contributed by atoms with Crippen molar-refractivity contribution in [3.8, 4) is 0 Å². The quantitative estimate of drug-likeness (QED) is 0.876. The number of carbonyl (C=O) groups excluding carboxylic acids is 1.